The number of benzene rings is 1. The first-order valence-corrected chi connectivity index (χ1v) is 9.22. The summed E-state index contributed by atoms with van der Waals surface area (Å²) in [5.74, 6) is -0.260. The van der Waals surface area contributed by atoms with Crippen molar-refractivity contribution in [2.45, 2.75) is 18.9 Å². The third kappa shape index (κ3) is 4.71. The molecule has 1 aromatic carbocycles. The Morgan fingerprint density at radius 2 is 1.86 bits per heavy atom. The average molecular weight is 325 g/mol. The van der Waals surface area contributed by atoms with Crippen molar-refractivity contribution in [2.75, 3.05) is 37.2 Å². The molecule has 0 bridgehead atoms. The SMILES string of the molecule is CN1CCC(NC(=O)CN(c2ccccc2)S(C)(=O)=O)CC1. The van der Waals surface area contributed by atoms with Crippen LogP contribution in [0.1, 0.15) is 12.8 Å². The van der Waals surface area contributed by atoms with Gasteiger partial charge in [-0.1, -0.05) is 18.2 Å². The molecule has 22 heavy (non-hydrogen) atoms. The third-order valence-corrected chi connectivity index (χ3v) is 4.96. The van der Waals surface area contributed by atoms with E-state index in [4.69, 9.17) is 0 Å². The Kier molecular flexibility index (Phi) is 5.42. The predicted octanol–water partition coefficient (Wildman–Crippen LogP) is 0.663. The van der Waals surface area contributed by atoms with Crippen molar-refractivity contribution < 1.29 is 13.2 Å². The highest BCUT2D eigenvalue weighted by molar-refractivity contribution is 7.92. The van der Waals surface area contributed by atoms with E-state index in [9.17, 15) is 13.2 Å². The standard InChI is InChI=1S/C15H23N3O3S/c1-17-10-8-13(9-11-17)16-15(19)12-18(22(2,20)21)14-6-4-3-5-7-14/h3-7,13H,8-12H2,1-2H3,(H,16,19). The van der Waals surface area contributed by atoms with Crippen LogP contribution in [-0.4, -0.2) is 58.2 Å². The number of amides is 1. The number of anilines is 1. The van der Waals surface area contributed by atoms with Gasteiger partial charge in [0.25, 0.3) is 0 Å². The zero-order valence-electron chi connectivity index (χ0n) is 13.0. The van der Waals surface area contributed by atoms with Crippen LogP contribution in [0.15, 0.2) is 30.3 Å². The number of sulfonamides is 1. The van der Waals surface area contributed by atoms with Gasteiger partial charge in [-0.15, -0.1) is 0 Å². The zero-order chi connectivity index (χ0) is 16.2. The smallest absolute Gasteiger partial charge is 0.240 e. The summed E-state index contributed by atoms with van der Waals surface area (Å²) in [6.45, 7) is 1.70. The van der Waals surface area contributed by atoms with E-state index in [0.29, 0.717) is 5.69 Å². The van der Waals surface area contributed by atoms with Crippen LogP contribution >= 0.6 is 0 Å². The van der Waals surface area contributed by atoms with Crippen molar-refractivity contribution >= 4 is 21.6 Å². The summed E-state index contributed by atoms with van der Waals surface area (Å²) in [5.41, 5.74) is 0.503. The van der Waals surface area contributed by atoms with Gasteiger partial charge in [0.15, 0.2) is 0 Å². The molecule has 1 aromatic rings. The quantitative estimate of drug-likeness (QED) is 0.863. The van der Waals surface area contributed by atoms with Gasteiger partial charge in [0.05, 0.1) is 11.9 Å². The van der Waals surface area contributed by atoms with Gasteiger partial charge in [0.1, 0.15) is 6.54 Å². The first-order chi connectivity index (χ1) is 10.4. The van der Waals surface area contributed by atoms with E-state index in [0.717, 1.165) is 36.5 Å². The Bertz CT molecular complexity index is 596. The lowest BCUT2D eigenvalue weighted by molar-refractivity contribution is -0.120. The molecule has 1 saturated heterocycles. The average Bonchev–Trinajstić information content (AvgIpc) is 2.47. The Morgan fingerprint density at radius 3 is 2.41 bits per heavy atom. The highest BCUT2D eigenvalue weighted by atomic mass is 32.2. The first-order valence-electron chi connectivity index (χ1n) is 7.37. The van der Waals surface area contributed by atoms with Gasteiger partial charge < -0.3 is 10.2 Å². The molecule has 122 valence electrons. The van der Waals surface area contributed by atoms with Crippen LogP contribution in [-0.2, 0) is 14.8 Å². The molecule has 0 aliphatic carbocycles. The number of rotatable bonds is 5. The van der Waals surface area contributed by atoms with Crippen molar-refractivity contribution in [3.05, 3.63) is 30.3 Å². The van der Waals surface area contributed by atoms with Crippen LogP contribution < -0.4 is 9.62 Å². The van der Waals surface area contributed by atoms with Crippen LogP contribution in [0.3, 0.4) is 0 Å². The highest BCUT2D eigenvalue weighted by Crippen LogP contribution is 2.16. The molecular weight excluding hydrogens is 302 g/mol. The molecule has 0 spiro atoms. The number of nitrogens with one attached hydrogen (secondary N) is 1. The van der Waals surface area contributed by atoms with Gasteiger partial charge in [0.2, 0.25) is 15.9 Å². The van der Waals surface area contributed by atoms with Crippen molar-refractivity contribution in [2.24, 2.45) is 0 Å². The summed E-state index contributed by atoms with van der Waals surface area (Å²) in [7, 11) is -1.44. The lowest BCUT2D eigenvalue weighted by atomic mass is 10.1. The van der Waals surface area contributed by atoms with Crippen LogP contribution in [0, 0.1) is 0 Å². The maximum absolute atomic E-state index is 12.2. The second-order valence-corrected chi connectivity index (χ2v) is 7.66. The number of likely N-dealkylation sites (tertiary alicyclic amines) is 1. The fraction of sp³-hybridized carbons (Fsp3) is 0.533. The molecule has 0 radical (unpaired) electrons. The summed E-state index contributed by atoms with van der Waals surface area (Å²) in [4.78, 5) is 14.4. The van der Waals surface area contributed by atoms with Crippen molar-refractivity contribution in [3.8, 4) is 0 Å². The molecule has 1 N–H and O–H groups in total. The van der Waals surface area contributed by atoms with Gasteiger partial charge in [-0.05, 0) is 45.1 Å². The normalized spacial score (nSPS) is 17.2. The number of carbonyl (C=O) groups is 1. The Balaban J connectivity index is 2.00. The van der Waals surface area contributed by atoms with Gasteiger partial charge in [-0.2, -0.15) is 0 Å². The molecule has 7 heteroatoms. The zero-order valence-corrected chi connectivity index (χ0v) is 13.8. The summed E-state index contributed by atoms with van der Waals surface area (Å²) >= 11 is 0. The molecule has 1 amide bonds. The number of hydrogen-bond acceptors (Lipinski definition) is 4. The first kappa shape index (κ1) is 16.8. The van der Waals surface area contributed by atoms with Crippen molar-refractivity contribution in [3.63, 3.8) is 0 Å². The molecular formula is C15H23N3O3S. The fourth-order valence-corrected chi connectivity index (χ4v) is 3.41. The summed E-state index contributed by atoms with van der Waals surface area (Å²) < 4.78 is 25.0. The van der Waals surface area contributed by atoms with Gasteiger partial charge in [-0.3, -0.25) is 9.10 Å². The number of para-hydroxylation sites is 1. The van der Waals surface area contributed by atoms with Gasteiger partial charge >= 0.3 is 0 Å². The number of hydrogen-bond donors (Lipinski definition) is 1. The van der Waals surface area contributed by atoms with E-state index in [1.165, 1.54) is 0 Å². The molecule has 1 aliphatic heterocycles. The van der Waals surface area contributed by atoms with Crippen molar-refractivity contribution in [1.29, 1.82) is 0 Å². The van der Waals surface area contributed by atoms with Gasteiger partial charge in [0, 0.05) is 6.04 Å². The van der Waals surface area contributed by atoms with Crippen molar-refractivity contribution in [1.82, 2.24) is 10.2 Å². The lowest BCUT2D eigenvalue weighted by Crippen LogP contribution is -2.47. The summed E-state index contributed by atoms with van der Waals surface area (Å²) in [6.07, 6.45) is 2.90. The molecule has 0 saturated carbocycles. The number of piperidine rings is 1. The second kappa shape index (κ2) is 7.11. The van der Waals surface area contributed by atoms with Crippen LogP contribution in [0.5, 0.6) is 0 Å². The summed E-state index contributed by atoms with van der Waals surface area (Å²) in [6, 6.07) is 8.81. The second-order valence-electron chi connectivity index (χ2n) is 5.75. The van der Waals surface area contributed by atoms with Crippen LogP contribution in [0.2, 0.25) is 0 Å². The third-order valence-electron chi connectivity index (χ3n) is 3.82. The highest BCUT2D eigenvalue weighted by Gasteiger charge is 2.23. The van der Waals surface area contributed by atoms with Gasteiger partial charge in [-0.25, -0.2) is 8.42 Å². The topological polar surface area (TPSA) is 69.7 Å². The van der Waals surface area contributed by atoms with Crippen LogP contribution in [0.25, 0.3) is 0 Å². The molecule has 0 unspecified atom stereocenters. The number of carbonyl (C=O) groups excluding carboxylic acids is 1. The predicted molar refractivity (Wildman–Crippen MR) is 87.3 cm³/mol. The Labute approximate surface area is 132 Å². The molecule has 0 atom stereocenters. The van der Waals surface area contributed by atoms with E-state index in [1.54, 1.807) is 24.3 Å². The van der Waals surface area contributed by atoms with E-state index < -0.39 is 10.0 Å². The number of nitrogens with zero attached hydrogens (tertiary/aromatic N) is 2. The molecule has 0 aromatic heterocycles. The minimum atomic E-state index is -3.50. The Morgan fingerprint density at radius 1 is 1.27 bits per heavy atom. The van der Waals surface area contributed by atoms with E-state index in [1.807, 2.05) is 6.07 Å². The summed E-state index contributed by atoms with van der Waals surface area (Å²) in [5, 5.41) is 2.94. The monoisotopic (exact) mass is 325 g/mol. The maximum atomic E-state index is 12.2. The minimum absolute atomic E-state index is 0.126. The molecule has 6 nitrogen and oxygen atoms in total. The maximum Gasteiger partial charge on any atom is 0.240 e. The largest absolute Gasteiger partial charge is 0.352 e. The van der Waals surface area contributed by atoms with E-state index in [2.05, 4.69) is 17.3 Å². The fourth-order valence-electron chi connectivity index (χ4n) is 2.55. The van der Waals surface area contributed by atoms with Crippen LogP contribution in [0.4, 0.5) is 5.69 Å². The van der Waals surface area contributed by atoms with E-state index >= 15 is 0 Å². The molecule has 1 heterocycles. The molecule has 1 fully saturated rings. The molecule has 2 rings (SSSR count). The Hall–Kier alpha value is -1.60. The molecule has 1 aliphatic rings. The minimum Gasteiger partial charge on any atom is -0.352 e. The lowest BCUT2D eigenvalue weighted by Gasteiger charge is -2.30. The van der Waals surface area contributed by atoms with E-state index in [-0.39, 0.29) is 18.5 Å².